The van der Waals surface area contributed by atoms with E-state index in [1.54, 1.807) is 20.8 Å². The van der Waals surface area contributed by atoms with Gasteiger partial charge in [0.25, 0.3) is 0 Å². The van der Waals surface area contributed by atoms with Crippen molar-refractivity contribution in [1.29, 1.82) is 0 Å². The van der Waals surface area contributed by atoms with E-state index in [0.29, 0.717) is 39.5 Å². The zero-order valence-corrected chi connectivity index (χ0v) is 17.3. The fraction of sp³-hybridized carbons (Fsp3) is 0.400. The lowest BCUT2D eigenvalue weighted by Crippen LogP contribution is -2.13. The minimum absolute atomic E-state index is 0.0880. The van der Waals surface area contributed by atoms with Gasteiger partial charge in [0, 0.05) is 17.2 Å². The van der Waals surface area contributed by atoms with Crippen molar-refractivity contribution in [3.05, 3.63) is 52.3 Å². The summed E-state index contributed by atoms with van der Waals surface area (Å²) < 4.78 is 11.2. The Kier molecular flexibility index (Phi) is 6.55. The number of Topliss-reactive ketones (excluding diaryl/α,β-unsaturated/α-hetero) is 1. The van der Waals surface area contributed by atoms with Gasteiger partial charge in [0.05, 0.1) is 22.4 Å². The quantitative estimate of drug-likeness (QED) is 0.538. The van der Waals surface area contributed by atoms with Crippen molar-refractivity contribution in [2.75, 3.05) is 24.7 Å². The maximum atomic E-state index is 12.5. The van der Waals surface area contributed by atoms with Gasteiger partial charge in [-0.2, -0.15) is 0 Å². The first-order chi connectivity index (χ1) is 13.0. The number of ketones is 1. The molecule has 2 aromatic rings. The van der Waals surface area contributed by atoms with Crippen LogP contribution in [-0.2, 0) is 4.74 Å². The molecular weight excluding hydrogens is 382 g/mol. The van der Waals surface area contributed by atoms with Gasteiger partial charge in [-0.1, -0.05) is 12.1 Å². The Labute approximate surface area is 167 Å². The molecule has 7 heteroatoms. The van der Waals surface area contributed by atoms with Crippen LogP contribution >= 0.6 is 23.5 Å². The summed E-state index contributed by atoms with van der Waals surface area (Å²) in [7, 11) is 0. The first kappa shape index (κ1) is 19.9. The van der Waals surface area contributed by atoms with Crippen LogP contribution in [0, 0.1) is 13.8 Å². The van der Waals surface area contributed by atoms with Crippen LogP contribution in [0.1, 0.15) is 49.2 Å². The highest BCUT2D eigenvalue weighted by Gasteiger charge is 2.23. The highest BCUT2D eigenvalue weighted by atomic mass is 32.2. The Morgan fingerprint density at radius 1 is 1.15 bits per heavy atom. The second-order valence-corrected chi connectivity index (χ2v) is 8.92. The van der Waals surface area contributed by atoms with Crippen LogP contribution in [0.3, 0.4) is 0 Å². The van der Waals surface area contributed by atoms with Crippen LogP contribution in [0.25, 0.3) is 0 Å². The molecule has 0 unspecified atom stereocenters. The first-order valence-corrected chi connectivity index (χ1v) is 11.0. The second-order valence-electron chi connectivity index (χ2n) is 6.20. The number of H-pyrrole nitrogens is 1. The van der Waals surface area contributed by atoms with Crippen LogP contribution in [0.5, 0.6) is 5.75 Å². The van der Waals surface area contributed by atoms with E-state index < -0.39 is 5.97 Å². The van der Waals surface area contributed by atoms with E-state index in [9.17, 15) is 9.59 Å². The summed E-state index contributed by atoms with van der Waals surface area (Å²) in [6, 6.07) is 7.91. The molecule has 3 rings (SSSR count). The summed E-state index contributed by atoms with van der Waals surface area (Å²) in [5, 5.41) is 0. The number of aryl methyl sites for hydroxylation is 1. The number of benzene rings is 1. The van der Waals surface area contributed by atoms with Crippen LogP contribution in [0.15, 0.2) is 24.3 Å². The van der Waals surface area contributed by atoms with Crippen molar-refractivity contribution in [3.8, 4) is 5.75 Å². The number of esters is 1. The standard InChI is InChI=1S/C20H23NO4S2/c1-4-24-19(23)17-12(2)18(21-13(17)3)16(22)11-25-15-7-5-14(6-8-15)20-26-9-10-27-20/h5-8,20-21H,4,9-11H2,1-3H3. The second kappa shape index (κ2) is 8.89. The molecule has 0 spiro atoms. The summed E-state index contributed by atoms with van der Waals surface area (Å²) in [5.41, 5.74) is 3.33. The maximum Gasteiger partial charge on any atom is 0.340 e. The third-order valence-corrected chi connectivity index (χ3v) is 7.44. The Morgan fingerprint density at radius 2 is 1.81 bits per heavy atom. The molecule has 1 aliphatic heterocycles. The lowest BCUT2D eigenvalue weighted by Gasteiger charge is -2.10. The molecule has 2 heterocycles. The largest absolute Gasteiger partial charge is 0.485 e. The Balaban J connectivity index is 1.64. The molecule has 1 aromatic carbocycles. The minimum atomic E-state index is -0.415. The zero-order valence-electron chi connectivity index (χ0n) is 15.7. The lowest BCUT2D eigenvalue weighted by atomic mass is 10.1. The van der Waals surface area contributed by atoms with Gasteiger partial charge < -0.3 is 14.5 Å². The van der Waals surface area contributed by atoms with Crippen molar-refractivity contribution in [2.45, 2.75) is 25.4 Å². The van der Waals surface area contributed by atoms with Gasteiger partial charge in [-0.15, -0.1) is 23.5 Å². The van der Waals surface area contributed by atoms with Crippen molar-refractivity contribution in [1.82, 2.24) is 4.98 Å². The summed E-state index contributed by atoms with van der Waals surface area (Å²) in [5.74, 6) is 2.42. The van der Waals surface area contributed by atoms with Gasteiger partial charge in [0.15, 0.2) is 6.61 Å². The van der Waals surface area contributed by atoms with Gasteiger partial charge in [0.1, 0.15) is 5.75 Å². The SMILES string of the molecule is CCOC(=O)c1c(C)[nH]c(C(=O)COc2ccc(C3SCCS3)cc2)c1C. The molecule has 0 atom stereocenters. The highest BCUT2D eigenvalue weighted by molar-refractivity contribution is 8.19. The number of aromatic nitrogens is 1. The summed E-state index contributed by atoms with van der Waals surface area (Å²) >= 11 is 3.91. The normalized spacial score (nSPS) is 14.3. The molecule has 1 fully saturated rings. The van der Waals surface area contributed by atoms with Gasteiger partial charge >= 0.3 is 5.97 Å². The first-order valence-electron chi connectivity index (χ1n) is 8.86. The van der Waals surface area contributed by atoms with Gasteiger partial charge in [-0.25, -0.2) is 4.79 Å². The number of ether oxygens (including phenoxy) is 2. The van der Waals surface area contributed by atoms with E-state index >= 15 is 0 Å². The van der Waals surface area contributed by atoms with E-state index in [1.165, 1.54) is 17.1 Å². The number of thioether (sulfide) groups is 2. The molecule has 0 amide bonds. The maximum absolute atomic E-state index is 12.5. The molecule has 0 radical (unpaired) electrons. The Bertz CT molecular complexity index is 823. The van der Waals surface area contributed by atoms with Crippen LogP contribution in [-0.4, -0.2) is 41.5 Å². The van der Waals surface area contributed by atoms with Gasteiger partial charge in [-0.05, 0) is 44.0 Å². The molecule has 1 aromatic heterocycles. The van der Waals surface area contributed by atoms with E-state index in [-0.39, 0.29) is 12.4 Å². The molecule has 0 bridgehead atoms. The molecule has 0 aliphatic carbocycles. The highest BCUT2D eigenvalue weighted by Crippen LogP contribution is 2.45. The monoisotopic (exact) mass is 405 g/mol. The summed E-state index contributed by atoms with van der Waals surface area (Å²) in [4.78, 5) is 27.6. The number of aromatic amines is 1. The van der Waals surface area contributed by atoms with Gasteiger partial charge in [0.2, 0.25) is 5.78 Å². The van der Waals surface area contributed by atoms with Crippen molar-refractivity contribution < 1.29 is 19.1 Å². The fourth-order valence-electron chi connectivity index (χ4n) is 3.03. The third-order valence-electron chi connectivity index (χ3n) is 4.34. The van der Waals surface area contributed by atoms with Crippen LogP contribution < -0.4 is 4.74 Å². The molecule has 0 saturated carbocycles. The number of nitrogens with one attached hydrogen (secondary N) is 1. The van der Waals surface area contributed by atoms with E-state index in [0.717, 1.165) is 0 Å². The van der Waals surface area contributed by atoms with E-state index in [1.807, 2.05) is 35.7 Å². The van der Waals surface area contributed by atoms with Crippen LogP contribution in [0.4, 0.5) is 0 Å². The average Bonchev–Trinajstić information content (AvgIpc) is 3.28. The van der Waals surface area contributed by atoms with Crippen molar-refractivity contribution in [3.63, 3.8) is 0 Å². The predicted octanol–water partition coefficient (Wildman–Crippen LogP) is 4.55. The van der Waals surface area contributed by atoms with Gasteiger partial charge in [-0.3, -0.25) is 4.79 Å². The summed E-state index contributed by atoms with van der Waals surface area (Å²) in [6.45, 7) is 5.46. The number of carbonyl (C=O) groups excluding carboxylic acids is 2. The topological polar surface area (TPSA) is 68.4 Å². The number of hydrogen-bond donors (Lipinski definition) is 1. The number of carbonyl (C=O) groups is 2. The van der Waals surface area contributed by atoms with Crippen molar-refractivity contribution >= 4 is 35.3 Å². The predicted molar refractivity (Wildman–Crippen MR) is 110 cm³/mol. The number of rotatable bonds is 7. The summed E-state index contributed by atoms with van der Waals surface area (Å²) in [6.07, 6.45) is 0. The molecule has 1 saturated heterocycles. The molecule has 144 valence electrons. The Morgan fingerprint density at radius 3 is 2.44 bits per heavy atom. The molecule has 1 aliphatic rings. The minimum Gasteiger partial charge on any atom is -0.485 e. The third kappa shape index (κ3) is 4.52. The lowest BCUT2D eigenvalue weighted by molar-refractivity contribution is 0.0525. The fourth-order valence-corrected chi connectivity index (χ4v) is 5.89. The molecule has 5 nitrogen and oxygen atoms in total. The smallest absolute Gasteiger partial charge is 0.340 e. The average molecular weight is 406 g/mol. The molecular formula is C20H23NO4S2. The molecule has 27 heavy (non-hydrogen) atoms. The van der Waals surface area contributed by atoms with Crippen molar-refractivity contribution in [2.24, 2.45) is 0 Å². The number of hydrogen-bond acceptors (Lipinski definition) is 6. The molecule has 1 N–H and O–H groups in total. The van der Waals surface area contributed by atoms with Crippen LogP contribution in [0.2, 0.25) is 0 Å². The van der Waals surface area contributed by atoms with E-state index in [2.05, 4.69) is 17.1 Å². The zero-order chi connectivity index (χ0) is 19.4. The van der Waals surface area contributed by atoms with E-state index in [4.69, 9.17) is 9.47 Å². The Hall–Kier alpha value is -1.86.